The number of hydrogen-bond acceptors (Lipinski definition) is 3. The van der Waals surface area contributed by atoms with E-state index in [0.717, 1.165) is 17.1 Å². The van der Waals surface area contributed by atoms with Crippen LogP contribution in [0.2, 0.25) is 0 Å². The zero-order valence-electron chi connectivity index (χ0n) is 10.1. The minimum atomic E-state index is 0.827. The lowest BCUT2D eigenvalue weighted by molar-refractivity contribution is 1.16. The highest BCUT2D eigenvalue weighted by Crippen LogP contribution is 2.27. The van der Waals surface area contributed by atoms with Crippen molar-refractivity contribution in [2.75, 3.05) is 12.4 Å². The van der Waals surface area contributed by atoms with E-state index in [1.165, 1.54) is 10.8 Å². The number of fused-ring (bicyclic) bond motifs is 1. The summed E-state index contributed by atoms with van der Waals surface area (Å²) in [5, 5.41) is 5.46. The Bertz CT molecular complexity index is 687. The standard InChI is InChI=1S/C15H13N3/c1-16-15-9-14(17-10-18-15)13-8-4-6-11-5-2-3-7-12(11)13/h2-10H,1H3,(H,16,17,18). The molecule has 0 atom stereocenters. The molecule has 0 unspecified atom stereocenters. The van der Waals surface area contributed by atoms with Crippen LogP contribution in [0.5, 0.6) is 0 Å². The normalized spacial score (nSPS) is 10.5. The first-order valence-electron chi connectivity index (χ1n) is 5.86. The van der Waals surface area contributed by atoms with Crippen molar-refractivity contribution in [2.45, 2.75) is 0 Å². The van der Waals surface area contributed by atoms with Crippen LogP contribution in [-0.2, 0) is 0 Å². The molecule has 1 aromatic heterocycles. The minimum Gasteiger partial charge on any atom is -0.373 e. The third kappa shape index (κ3) is 1.80. The van der Waals surface area contributed by atoms with Crippen LogP contribution < -0.4 is 5.32 Å². The molecule has 0 saturated heterocycles. The van der Waals surface area contributed by atoms with Gasteiger partial charge in [0.15, 0.2) is 0 Å². The molecule has 18 heavy (non-hydrogen) atoms. The van der Waals surface area contributed by atoms with E-state index in [2.05, 4.69) is 45.6 Å². The van der Waals surface area contributed by atoms with Crippen molar-refractivity contribution in [1.29, 1.82) is 0 Å². The van der Waals surface area contributed by atoms with Gasteiger partial charge in [0.1, 0.15) is 12.1 Å². The zero-order valence-corrected chi connectivity index (χ0v) is 10.1. The van der Waals surface area contributed by atoms with E-state index < -0.39 is 0 Å². The summed E-state index contributed by atoms with van der Waals surface area (Å²) in [6, 6.07) is 16.5. The number of aromatic nitrogens is 2. The van der Waals surface area contributed by atoms with Crippen LogP contribution in [0.15, 0.2) is 54.9 Å². The molecule has 1 N–H and O–H groups in total. The van der Waals surface area contributed by atoms with Gasteiger partial charge in [-0.15, -0.1) is 0 Å². The smallest absolute Gasteiger partial charge is 0.129 e. The molecule has 0 amide bonds. The number of hydrogen-bond donors (Lipinski definition) is 1. The topological polar surface area (TPSA) is 37.8 Å². The highest BCUT2D eigenvalue weighted by atomic mass is 15.0. The molecule has 88 valence electrons. The quantitative estimate of drug-likeness (QED) is 0.740. The number of benzene rings is 2. The van der Waals surface area contributed by atoms with Crippen molar-refractivity contribution in [3.63, 3.8) is 0 Å². The second-order valence-electron chi connectivity index (χ2n) is 4.07. The lowest BCUT2D eigenvalue weighted by Gasteiger charge is -2.07. The summed E-state index contributed by atoms with van der Waals surface area (Å²) in [6.45, 7) is 0. The molecule has 0 saturated carbocycles. The van der Waals surface area contributed by atoms with E-state index in [1.807, 2.05) is 25.2 Å². The lowest BCUT2D eigenvalue weighted by atomic mass is 10.0. The molecule has 0 radical (unpaired) electrons. The van der Waals surface area contributed by atoms with Crippen molar-refractivity contribution < 1.29 is 0 Å². The van der Waals surface area contributed by atoms with Crippen molar-refractivity contribution in [3.8, 4) is 11.3 Å². The van der Waals surface area contributed by atoms with E-state index in [1.54, 1.807) is 6.33 Å². The van der Waals surface area contributed by atoms with Gasteiger partial charge in [0.25, 0.3) is 0 Å². The van der Waals surface area contributed by atoms with Gasteiger partial charge in [-0.1, -0.05) is 42.5 Å². The monoisotopic (exact) mass is 235 g/mol. The van der Waals surface area contributed by atoms with Gasteiger partial charge in [-0.25, -0.2) is 9.97 Å². The molecule has 2 aromatic carbocycles. The number of anilines is 1. The van der Waals surface area contributed by atoms with Crippen molar-refractivity contribution >= 4 is 16.6 Å². The summed E-state index contributed by atoms with van der Waals surface area (Å²) >= 11 is 0. The SMILES string of the molecule is CNc1cc(-c2cccc3ccccc23)ncn1. The average Bonchev–Trinajstić information content (AvgIpc) is 2.47. The largest absolute Gasteiger partial charge is 0.373 e. The Morgan fingerprint density at radius 1 is 0.944 bits per heavy atom. The van der Waals surface area contributed by atoms with Crippen molar-refractivity contribution in [1.82, 2.24) is 9.97 Å². The van der Waals surface area contributed by atoms with Gasteiger partial charge in [0.05, 0.1) is 5.69 Å². The van der Waals surface area contributed by atoms with Gasteiger partial charge in [-0.05, 0) is 10.8 Å². The molecule has 0 aliphatic carbocycles. The highest BCUT2D eigenvalue weighted by molar-refractivity contribution is 5.95. The molecular weight excluding hydrogens is 222 g/mol. The van der Waals surface area contributed by atoms with Gasteiger partial charge in [-0.2, -0.15) is 0 Å². The first kappa shape index (κ1) is 10.7. The second kappa shape index (κ2) is 4.45. The van der Waals surface area contributed by atoms with E-state index in [0.29, 0.717) is 0 Å². The Balaban J connectivity index is 2.24. The van der Waals surface area contributed by atoms with Gasteiger partial charge < -0.3 is 5.32 Å². The zero-order chi connectivity index (χ0) is 12.4. The van der Waals surface area contributed by atoms with Gasteiger partial charge in [-0.3, -0.25) is 0 Å². The third-order valence-corrected chi connectivity index (χ3v) is 2.99. The Morgan fingerprint density at radius 3 is 2.67 bits per heavy atom. The summed E-state index contributed by atoms with van der Waals surface area (Å²) in [5.41, 5.74) is 2.07. The fourth-order valence-electron chi connectivity index (χ4n) is 2.09. The Morgan fingerprint density at radius 2 is 1.78 bits per heavy atom. The minimum absolute atomic E-state index is 0.827. The molecule has 1 heterocycles. The fourth-order valence-corrected chi connectivity index (χ4v) is 2.09. The van der Waals surface area contributed by atoms with Crippen LogP contribution in [0.4, 0.5) is 5.82 Å². The average molecular weight is 235 g/mol. The molecule has 0 fully saturated rings. The van der Waals surface area contributed by atoms with Gasteiger partial charge in [0.2, 0.25) is 0 Å². The Kier molecular flexibility index (Phi) is 2.65. The first-order chi connectivity index (χ1) is 8.88. The first-order valence-corrected chi connectivity index (χ1v) is 5.86. The second-order valence-corrected chi connectivity index (χ2v) is 4.07. The predicted molar refractivity (Wildman–Crippen MR) is 74.5 cm³/mol. The van der Waals surface area contributed by atoms with Crippen LogP contribution in [0.25, 0.3) is 22.0 Å². The summed E-state index contributed by atoms with van der Waals surface area (Å²) in [6.07, 6.45) is 1.59. The van der Waals surface area contributed by atoms with E-state index in [-0.39, 0.29) is 0 Å². The van der Waals surface area contributed by atoms with Gasteiger partial charge >= 0.3 is 0 Å². The molecule has 3 nitrogen and oxygen atoms in total. The fraction of sp³-hybridized carbons (Fsp3) is 0.0667. The molecule has 0 spiro atoms. The van der Waals surface area contributed by atoms with E-state index in [9.17, 15) is 0 Å². The maximum atomic E-state index is 4.36. The maximum absolute atomic E-state index is 4.36. The van der Waals surface area contributed by atoms with Crippen LogP contribution >= 0.6 is 0 Å². The van der Waals surface area contributed by atoms with Crippen molar-refractivity contribution in [2.24, 2.45) is 0 Å². The van der Waals surface area contributed by atoms with Crippen LogP contribution in [0.3, 0.4) is 0 Å². The van der Waals surface area contributed by atoms with E-state index >= 15 is 0 Å². The van der Waals surface area contributed by atoms with Gasteiger partial charge in [0, 0.05) is 18.7 Å². The molecule has 0 aliphatic rings. The summed E-state index contributed by atoms with van der Waals surface area (Å²) in [5.74, 6) is 0.827. The summed E-state index contributed by atoms with van der Waals surface area (Å²) in [7, 11) is 1.86. The van der Waals surface area contributed by atoms with Crippen LogP contribution in [0.1, 0.15) is 0 Å². The molecule has 3 aromatic rings. The number of rotatable bonds is 2. The van der Waals surface area contributed by atoms with Crippen LogP contribution in [0, 0.1) is 0 Å². The summed E-state index contributed by atoms with van der Waals surface area (Å²) < 4.78 is 0. The Labute approximate surface area is 106 Å². The number of nitrogens with zero attached hydrogens (tertiary/aromatic N) is 2. The predicted octanol–water partition coefficient (Wildman–Crippen LogP) is 3.34. The van der Waals surface area contributed by atoms with Crippen molar-refractivity contribution in [3.05, 3.63) is 54.9 Å². The number of nitrogens with one attached hydrogen (secondary N) is 1. The highest BCUT2D eigenvalue weighted by Gasteiger charge is 2.05. The maximum Gasteiger partial charge on any atom is 0.129 e. The molecule has 3 heteroatoms. The van der Waals surface area contributed by atoms with E-state index in [4.69, 9.17) is 0 Å². The molecule has 0 bridgehead atoms. The van der Waals surface area contributed by atoms with Crippen LogP contribution in [-0.4, -0.2) is 17.0 Å². The third-order valence-electron chi connectivity index (χ3n) is 2.99. The summed E-state index contributed by atoms with van der Waals surface area (Å²) in [4.78, 5) is 8.50. The Hall–Kier alpha value is -2.42. The molecule has 0 aliphatic heterocycles. The molecular formula is C15H13N3. The molecule has 3 rings (SSSR count). The lowest BCUT2D eigenvalue weighted by Crippen LogP contribution is -1.94.